The van der Waals surface area contributed by atoms with Gasteiger partial charge in [0.25, 0.3) is 0 Å². The van der Waals surface area contributed by atoms with Crippen LogP contribution in [0.1, 0.15) is 24.3 Å². The van der Waals surface area contributed by atoms with Crippen LogP contribution in [0, 0.1) is 0 Å². The lowest BCUT2D eigenvalue weighted by Gasteiger charge is -2.11. The smallest absolute Gasteiger partial charge is 0.120 e. The van der Waals surface area contributed by atoms with Crippen molar-refractivity contribution in [3.8, 4) is 0 Å². The second-order valence-electron chi connectivity index (χ2n) is 4.34. The zero-order valence-electron chi connectivity index (χ0n) is 10.9. The molecular formula is C15H18ClNOS. The number of hydrogen-bond acceptors (Lipinski definition) is 3. The quantitative estimate of drug-likeness (QED) is 0.761. The van der Waals surface area contributed by atoms with Gasteiger partial charge in [-0.05, 0) is 30.7 Å². The lowest BCUT2D eigenvalue weighted by Crippen LogP contribution is -2.20. The van der Waals surface area contributed by atoms with Gasteiger partial charge in [-0.2, -0.15) is 11.8 Å². The minimum absolute atomic E-state index is 0.260. The third-order valence-corrected chi connectivity index (χ3v) is 4.26. The maximum Gasteiger partial charge on any atom is 0.120 e. The Labute approximate surface area is 123 Å². The lowest BCUT2D eigenvalue weighted by molar-refractivity contribution is 0.438. The first-order chi connectivity index (χ1) is 9.27. The van der Waals surface area contributed by atoms with E-state index in [1.165, 1.54) is 5.56 Å². The van der Waals surface area contributed by atoms with Crippen molar-refractivity contribution in [3.63, 3.8) is 0 Å². The molecule has 19 heavy (non-hydrogen) atoms. The fraction of sp³-hybridized carbons (Fsp3) is 0.333. The SMILES string of the molecule is CC(NCCSCc1ccccc1Cl)c1ccco1. The first-order valence-corrected chi connectivity index (χ1v) is 7.88. The van der Waals surface area contributed by atoms with E-state index in [4.69, 9.17) is 16.0 Å². The largest absolute Gasteiger partial charge is 0.468 e. The number of thioether (sulfide) groups is 1. The van der Waals surface area contributed by atoms with E-state index in [0.29, 0.717) is 0 Å². The van der Waals surface area contributed by atoms with Gasteiger partial charge < -0.3 is 9.73 Å². The van der Waals surface area contributed by atoms with Gasteiger partial charge in [0.2, 0.25) is 0 Å². The molecule has 2 nitrogen and oxygen atoms in total. The first-order valence-electron chi connectivity index (χ1n) is 6.35. The van der Waals surface area contributed by atoms with Crippen LogP contribution in [-0.2, 0) is 5.75 Å². The third-order valence-electron chi connectivity index (χ3n) is 2.88. The number of furan rings is 1. The van der Waals surface area contributed by atoms with Crippen molar-refractivity contribution in [1.29, 1.82) is 0 Å². The average Bonchev–Trinajstić information content (AvgIpc) is 2.94. The Morgan fingerprint density at radius 3 is 2.84 bits per heavy atom. The molecule has 0 saturated heterocycles. The summed E-state index contributed by atoms with van der Waals surface area (Å²) < 4.78 is 5.35. The van der Waals surface area contributed by atoms with Crippen molar-refractivity contribution in [2.75, 3.05) is 12.3 Å². The van der Waals surface area contributed by atoms with Gasteiger partial charge in [0.05, 0.1) is 12.3 Å². The zero-order valence-corrected chi connectivity index (χ0v) is 12.5. The highest BCUT2D eigenvalue weighted by Crippen LogP contribution is 2.20. The van der Waals surface area contributed by atoms with E-state index in [2.05, 4.69) is 18.3 Å². The molecule has 2 aromatic rings. The number of hydrogen-bond donors (Lipinski definition) is 1. The normalized spacial score (nSPS) is 12.5. The van der Waals surface area contributed by atoms with Crippen molar-refractivity contribution < 1.29 is 4.42 Å². The summed E-state index contributed by atoms with van der Waals surface area (Å²) in [7, 11) is 0. The van der Waals surface area contributed by atoms with Crippen LogP contribution in [0.5, 0.6) is 0 Å². The predicted octanol–water partition coefficient (Wildman–Crippen LogP) is 4.52. The highest BCUT2D eigenvalue weighted by atomic mass is 35.5. The van der Waals surface area contributed by atoms with Crippen LogP contribution < -0.4 is 5.32 Å². The van der Waals surface area contributed by atoms with Gasteiger partial charge in [0.15, 0.2) is 0 Å². The summed E-state index contributed by atoms with van der Waals surface area (Å²) in [5.74, 6) is 2.99. The molecule has 0 bridgehead atoms. The van der Waals surface area contributed by atoms with E-state index in [9.17, 15) is 0 Å². The fourth-order valence-electron chi connectivity index (χ4n) is 1.78. The minimum atomic E-state index is 0.260. The van der Waals surface area contributed by atoms with Crippen molar-refractivity contribution in [2.24, 2.45) is 0 Å². The molecule has 0 aliphatic rings. The summed E-state index contributed by atoms with van der Waals surface area (Å²) in [6, 6.07) is 12.2. The molecule has 1 heterocycles. The molecule has 0 saturated carbocycles. The Bertz CT molecular complexity index is 487. The number of nitrogens with one attached hydrogen (secondary N) is 1. The summed E-state index contributed by atoms with van der Waals surface area (Å²) in [5, 5.41) is 4.29. The van der Waals surface area contributed by atoms with E-state index in [0.717, 1.165) is 28.8 Å². The lowest BCUT2D eigenvalue weighted by atomic mass is 10.2. The van der Waals surface area contributed by atoms with E-state index in [1.54, 1.807) is 6.26 Å². The molecule has 0 aliphatic carbocycles. The van der Waals surface area contributed by atoms with Crippen LogP contribution in [0.15, 0.2) is 47.1 Å². The second kappa shape index (κ2) is 7.63. The van der Waals surface area contributed by atoms with E-state index >= 15 is 0 Å². The van der Waals surface area contributed by atoms with Gasteiger partial charge >= 0.3 is 0 Å². The molecule has 0 amide bonds. The molecular weight excluding hydrogens is 278 g/mol. The van der Waals surface area contributed by atoms with Gasteiger partial charge in [-0.3, -0.25) is 0 Å². The maximum absolute atomic E-state index is 6.11. The highest BCUT2D eigenvalue weighted by molar-refractivity contribution is 7.98. The minimum Gasteiger partial charge on any atom is -0.468 e. The summed E-state index contributed by atoms with van der Waals surface area (Å²) in [5.41, 5.74) is 1.20. The molecule has 0 fully saturated rings. The van der Waals surface area contributed by atoms with Crippen LogP contribution in [-0.4, -0.2) is 12.3 Å². The second-order valence-corrected chi connectivity index (χ2v) is 5.85. The van der Waals surface area contributed by atoms with Crippen molar-refractivity contribution in [3.05, 3.63) is 59.0 Å². The maximum atomic E-state index is 6.11. The van der Waals surface area contributed by atoms with Crippen LogP contribution in [0.4, 0.5) is 0 Å². The Balaban J connectivity index is 1.64. The number of rotatable bonds is 7. The van der Waals surface area contributed by atoms with Gasteiger partial charge in [-0.15, -0.1) is 0 Å². The van der Waals surface area contributed by atoms with Crippen molar-refractivity contribution in [1.82, 2.24) is 5.32 Å². The molecule has 1 N–H and O–H groups in total. The van der Waals surface area contributed by atoms with Crippen LogP contribution in [0.3, 0.4) is 0 Å². The van der Waals surface area contributed by atoms with Crippen molar-refractivity contribution >= 4 is 23.4 Å². The third kappa shape index (κ3) is 4.60. The van der Waals surface area contributed by atoms with Gasteiger partial charge in [0.1, 0.15) is 5.76 Å². The van der Waals surface area contributed by atoms with E-state index in [-0.39, 0.29) is 6.04 Å². The zero-order chi connectivity index (χ0) is 13.5. The Hall–Kier alpha value is -0.900. The predicted molar refractivity (Wildman–Crippen MR) is 82.7 cm³/mol. The highest BCUT2D eigenvalue weighted by Gasteiger charge is 2.06. The number of benzene rings is 1. The Morgan fingerprint density at radius 1 is 1.26 bits per heavy atom. The molecule has 1 aromatic heterocycles. The average molecular weight is 296 g/mol. The standard InChI is InChI=1S/C15H18ClNOS/c1-12(15-7-4-9-18-15)17-8-10-19-11-13-5-2-3-6-14(13)16/h2-7,9,12,17H,8,10-11H2,1H3. The fourth-order valence-corrected chi connectivity index (χ4v) is 2.94. The molecule has 1 atom stereocenters. The summed E-state index contributed by atoms with van der Waals surface area (Å²) in [4.78, 5) is 0. The summed E-state index contributed by atoms with van der Waals surface area (Å²) in [6.45, 7) is 3.06. The topological polar surface area (TPSA) is 25.2 Å². The number of halogens is 1. The van der Waals surface area contributed by atoms with Crippen LogP contribution in [0.25, 0.3) is 0 Å². The van der Waals surface area contributed by atoms with Gasteiger partial charge in [-0.25, -0.2) is 0 Å². The van der Waals surface area contributed by atoms with Crippen molar-refractivity contribution in [2.45, 2.75) is 18.7 Å². The van der Waals surface area contributed by atoms with Crippen LogP contribution in [0.2, 0.25) is 5.02 Å². The van der Waals surface area contributed by atoms with E-state index < -0.39 is 0 Å². The molecule has 2 rings (SSSR count). The molecule has 0 radical (unpaired) electrons. The summed E-state index contributed by atoms with van der Waals surface area (Å²) in [6.07, 6.45) is 1.71. The van der Waals surface area contributed by atoms with Crippen LogP contribution >= 0.6 is 23.4 Å². The Morgan fingerprint density at radius 2 is 2.11 bits per heavy atom. The van der Waals surface area contributed by atoms with Gasteiger partial charge in [0, 0.05) is 23.1 Å². The molecule has 0 aliphatic heterocycles. The summed E-state index contributed by atoms with van der Waals surface area (Å²) >= 11 is 8.00. The van der Waals surface area contributed by atoms with E-state index in [1.807, 2.05) is 42.1 Å². The monoisotopic (exact) mass is 295 g/mol. The Kier molecular flexibility index (Phi) is 5.83. The molecule has 1 unspecified atom stereocenters. The first kappa shape index (κ1) is 14.5. The molecule has 4 heteroatoms. The van der Waals surface area contributed by atoms with Gasteiger partial charge in [-0.1, -0.05) is 29.8 Å². The molecule has 0 spiro atoms. The molecule has 102 valence electrons. The molecule has 1 aromatic carbocycles.